The van der Waals surface area contributed by atoms with Crippen molar-refractivity contribution >= 4 is 17.6 Å². The fourth-order valence-corrected chi connectivity index (χ4v) is 1.04. The van der Waals surface area contributed by atoms with Crippen LogP contribution in [0.15, 0.2) is 24.3 Å². The van der Waals surface area contributed by atoms with Crippen LogP contribution in [0, 0.1) is 5.82 Å². The summed E-state index contributed by atoms with van der Waals surface area (Å²) in [4.78, 5) is 0. The lowest BCUT2D eigenvalue weighted by atomic mass is 10.1. The molecule has 0 saturated heterocycles. The molecule has 0 amide bonds. The summed E-state index contributed by atoms with van der Waals surface area (Å²) < 4.78 is 12.6. The van der Waals surface area contributed by atoms with E-state index in [4.69, 9.17) is 0 Å². The first-order chi connectivity index (χ1) is 5.33. The molecule has 0 aliphatic heterocycles. The van der Waals surface area contributed by atoms with Crippen molar-refractivity contribution in [2.75, 3.05) is 0 Å². The fraction of sp³-hybridized carbons (Fsp3) is 0.222. The molecule has 0 bridgehead atoms. The molecule has 1 aromatic carbocycles. The van der Waals surface area contributed by atoms with Gasteiger partial charge in [-0.2, -0.15) is 0 Å². The molecule has 0 unspecified atom stereocenters. The van der Waals surface area contributed by atoms with Crippen molar-refractivity contribution < 1.29 is 4.39 Å². The van der Waals surface area contributed by atoms with Crippen LogP contribution < -0.4 is 0 Å². The van der Waals surface area contributed by atoms with Crippen molar-refractivity contribution in [1.82, 2.24) is 0 Å². The molecule has 0 spiro atoms. The van der Waals surface area contributed by atoms with E-state index in [0.29, 0.717) is 0 Å². The highest BCUT2D eigenvalue weighted by Gasteiger charge is 1.92. The van der Waals surface area contributed by atoms with E-state index in [0.717, 1.165) is 18.4 Å². The van der Waals surface area contributed by atoms with Crippen LogP contribution in [0.4, 0.5) is 4.39 Å². The minimum absolute atomic E-state index is 0.174. The van der Waals surface area contributed by atoms with Crippen LogP contribution in [0.3, 0.4) is 0 Å². The van der Waals surface area contributed by atoms with Crippen molar-refractivity contribution in [3.8, 4) is 0 Å². The largest absolute Gasteiger partial charge is 0.207 e. The van der Waals surface area contributed by atoms with Gasteiger partial charge in [-0.05, 0) is 35.9 Å². The van der Waals surface area contributed by atoms with Gasteiger partial charge < -0.3 is 0 Å². The molecule has 0 radical (unpaired) electrons. The molecular formula is C9H9FS. The Morgan fingerprint density at radius 2 is 2.27 bits per heavy atom. The second-order valence-corrected chi connectivity index (χ2v) is 2.67. The zero-order valence-electron chi connectivity index (χ0n) is 6.09. The lowest BCUT2D eigenvalue weighted by molar-refractivity contribution is 0.625. The van der Waals surface area contributed by atoms with Crippen molar-refractivity contribution in [1.29, 1.82) is 0 Å². The summed E-state index contributed by atoms with van der Waals surface area (Å²) in [6.45, 7) is 0. The molecule has 11 heavy (non-hydrogen) atoms. The van der Waals surface area contributed by atoms with Crippen LogP contribution >= 0.6 is 12.2 Å². The van der Waals surface area contributed by atoms with Crippen LogP contribution in [0.1, 0.15) is 12.0 Å². The van der Waals surface area contributed by atoms with E-state index < -0.39 is 0 Å². The van der Waals surface area contributed by atoms with Crippen molar-refractivity contribution in [2.45, 2.75) is 12.8 Å². The predicted octanol–water partition coefficient (Wildman–Crippen LogP) is 2.76. The maximum atomic E-state index is 12.6. The Bertz CT molecular complexity index is 245. The van der Waals surface area contributed by atoms with Crippen molar-refractivity contribution in [2.24, 2.45) is 0 Å². The Morgan fingerprint density at radius 1 is 1.45 bits per heavy atom. The van der Waals surface area contributed by atoms with Gasteiger partial charge in [0.05, 0.1) is 0 Å². The lowest BCUT2D eigenvalue weighted by Crippen LogP contribution is -1.85. The average molecular weight is 168 g/mol. The van der Waals surface area contributed by atoms with Gasteiger partial charge in [0.25, 0.3) is 0 Å². The van der Waals surface area contributed by atoms with E-state index in [-0.39, 0.29) is 5.82 Å². The maximum absolute atomic E-state index is 12.6. The number of thiocarbonyl (C=S) groups is 1. The Balaban J connectivity index is 2.63. The summed E-state index contributed by atoms with van der Waals surface area (Å²) >= 11 is 4.67. The standard InChI is InChI=1S/C9H9FS/c10-9-5-1-3-8(7-9)4-2-6-11/h1,3,5-7H,2,4H2. The number of halogens is 1. The second-order valence-electron chi connectivity index (χ2n) is 2.34. The van der Waals surface area contributed by atoms with Gasteiger partial charge in [-0.3, -0.25) is 0 Å². The quantitative estimate of drug-likeness (QED) is 0.625. The first-order valence-corrected chi connectivity index (χ1v) is 3.98. The van der Waals surface area contributed by atoms with Gasteiger partial charge >= 0.3 is 0 Å². The molecule has 0 nitrogen and oxygen atoms in total. The Labute approximate surface area is 71.1 Å². The van der Waals surface area contributed by atoms with Gasteiger partial charge in [0.2, 0.25) is 0 Å². The third-order valence-electron chi connectivity index (χ3n) is 1.44. The molecule has 58 valence electrons. The van der Waals surface area contributed by atoms with Gasteiger partial charge in [-0.25, -0.2) is 4.39 Å². The molecule has 2 heteroatoms. The Kier molecular flexibility index (Phi) is 3.17. The summed E-state index contributed by atoms with van der Waals surface area (Å²) in [5, 5.41) is 1.67. The van der Waals surface area contributed by atoms with E-state index in [1.807, 2.05) is 6.07 Å². The normalized spacial score (nSPS) is 9.55. The summed E-state index contributed by atoms with van der Waals surface area (Å²) in [7, 11) is 0. The molecule has 1 aromatic rings. The molecule has 0 saturated carbocycles. The smallest absolute Gasteiger partial charge is 0.123 e. The summed E-state index contributed by atoms with van der Waals surface area (Å²) in [6.07, 6.45) is 1.67. The lowest BCUT2D eigenvalue weighted by Gasteiger charge is -1.96. The zero-order valence-corrected chi connectivity index (χ0v) is 6.90. The van der Waals surface area contributed by atoms with Crippen LogP contribution in [0.2, 0.25) is 0 Å². The summed E-state index contributed by atoms with van der Waals surface area (Å²) in [5.41, 5.74) is 1.01. The van der Waals surface area contributed by atoms with E-state index in [1.165, 1.54) is 6.07 Å². The minimum atomic E-state index is -0.174. The number of hydrogen-bond acceptors (Lipinski definition) is 1. The van der Waals surface area contributed by atoms with Gasteiger partial charge in [-0.15, -0.1) is 0 Å². The molecule has 0 heterocycles. The van der Waals surface area contributed by atoms with Crippen LogP contribution in [-0.4, -0.2) is 5.37 Å². The van der Waals surface area contributed by atoms with Crippen LogP contribution in [0.25, 0.3) is 0 Å². The van der Waals surface area contributed by atoms with Gasteiger partial charge in [0.15, 0.2) is 0 Å². The molecule has 0 fully saturated rings. The monoisotopic (exact) mass is 168 g/mol. The first kappa shape index (κ1) is 8.34. The molecule has 0 N–H and O–H groups in total. The highest BCUT2D eigenvalue weighted by molar-refractivity contribution is 7.78. The van der Waals surface area contributed by atoms with Gasteiger partial charge in [0.1, 0.15) is 5.82 Å². The molecule has 0 aliphatic rings. The summed E-state index contributed by atoms with van der Waals surface area (Å²) in [6, 6.07) is 6.61. The third kappa shape index (κ3) is 2.76. The van der Waals surface area contributed by atoms with Crippen molar-refractivity contribution in [3.05, 3.63) is 35.6 Å². The molecule has 0 atom stereocenters. The van der Waals surface area contributed by atoms with Gasteiger partial charge in [0, 0.05) is 0 Å². The average Bonchev–Trinajstić information content (AvgIpc) is 2.01. The number of aryl methyl sites for hydroxylation is 1. The maximum Gasteiger partial charge on any atom is 0.123 e. The van der Waals surface area contributed by atoms with Crippen LogP contribution in [0.5, 0.6) is 0 Å². The molecule has 0 aliphatic carbocycles. The number of hydrogen-bond donors (Lipinski definition) is 0. The van der Waals surface area contributed by atoms with E-state index in [9.17, 15) is 4.39 Å². The van der Waals surface area contributed by atoms with Crippen molar-refractivity contribution in [3.63, 3.8) is 0 Å². The minimum Gasteiger partial charge on any atom is -0.207 e. The fourth-order valence-electron chi connectivity index (χ4n) is 0.918. The Hall–Kier alpha value is -0.760. The highest BCUT2D eigenvalue weighted by atomic mass is 32.1. The molecule has 1 rings (SSSR count). The third-order valence-corrected chi connectivity index (χ3v) is 1.68. The predicted molar refractivity (Wildman–Crippen MR) is 48.4 cm³/mol. The number of rotatable bonds is 3. The summed E-state index contributed by atoms with van der Waals surface area (Å²) in [5.74, 6) is -0.174. The zero-order chi connectivity index (χ0) is 8.10. The topological polar surface area (TPSA) is 0 Å². The Morgan fingerprint density at radius 3 is 2.91 bits per heavy atom. The number of benzene rings is 1. The van der Waals surface area contributed by atoms with E-state index in [2.05, 4.69) is 12.2 Å². The second kappa shape index (κ2) is 4.19. The molecular weight excluding hydrogens is 159 g/mol. The first-order valence-electron chi connectivity index (χ1n) is 3.51. The highest BCUT2D eigenvalue weighted by Crippen LogP contribution is 2.04. The van der Waals surface area contributed by atoms with E-state index in [1.54, 1.807) is 17.5 Å². The van der Waals surface area contributed by atoms with Crippen LogP contribution in [-0.2, 0) is 6.42 Å². The van der Waals surface area contributed by atoms with E-state index >= 15 is 0 Å². The SMILES string of the molecule is Fc1cccc(CCC=S)c1. The molecule has 0 aromatic heterocycles. The van der Waals surface area contributed by atoms with Gasteiger partial charge in [-0.1, -0.05) is 24.4 Å².